The van der Waals surface area contributed by atoms with E-state index >= 15 is 0 Å². The summed E-state index contributed by atoms with van der Waals surface area (Å²) >= 11 is 0. The quantitative estimate of drug-likeness (QED) is 0.652. The molecule has 7 heteroatoms. The SMILES string of the molecule is C#CCN(Cc1ccc(F)cc1)C(=O)c1nc(C)n(-c2ccc(F)cc2)n1. The molecule has 5 nitrogen and oxygen atoms in total. The number of hydrogen-bond donors (Lipinski definition) is 0. The highest BCUT2D eigenvalue weighted by Gasteiger charge is 2.21. The third kappa shape index (κ3) is 4.18. The van der Waals surface area contributed by atoms with Crippen molar-refractivity contribution in [3.8, 4) is 18.0 Å². The van der Waals surface area contributed by atoms with Gasteiger partial charge in [0.25, 0.3) is 5.91 Å². The second-order valence-electron chi connectivity index (χ2n) is 5.86. The van der Waals surface area contributed by atoms with Crippen LogP contribution in [0.15, 0.2) is 48.5 Å². The first-order chi connectivity index (χ1) is 13.0. The van der Waals surface area contributed by atoms with Crippen molar-refractivity contribution in [3.63, 3.8) is 0 Å². The number of amides is 1. The number of nitrogens with zero attached hydrogens (tertiary/aromatic N) is 4. The van der Waals surface area contributed by atoms with E-state index in [2.05, 4.69) is 16.0 Å². The van der Waals surface area contributed by atoms with E-state index < -0.39 is 5.91 Å². The van der Waals surface area contributed by atoms with Gasteiger partial charge in [0.15, 0.2) is 0 Å². The van der Waals surface area contributed by atoms with Gasteiger partial charge < -0.3 is 4.90 Å². The van der Waals surface area contributed by atoms with Crippen LogP contribution in [-0.2, 0) is 6.54 Å². The van der Waals surface area contributed by atoms with Gasteiger partial charge in [-0.2, -0.15) is 0 Å². The van der Waals surface area contributed by atoms with Crippen molar-refractivity contribution in [3.05, 3.63) is 77.4 Å². The molecule has 0 bridgehead atoms. The lowest BCUT2D eigenvalue weighted by Crippen LogP contribution is -2.31. The fourth-order valence-electron chi connectivity index (χ4n) is 2.57. The lowest BCUT2D eigenvalue weighted by Gasteiger charge is -2.18. The zero-order chi connectivity index (χ0) is 19.4. The Balaban J connectivity index is 1.86. The number of halogens is 2. The molecule has 27 heavy (non-hydrogen) atoms. The Morgan fingerprint density at radius 1 is 1.11 bits per heavy atom. The van der Waals surface area contributed by atoms with E-state index in [1.54, 1.807) is 31.2 Å². The summed E-state index contributed by atoms with van der Waals surface area (Å²) in [5.74, 6) is 1.73. The second-order valence-corrected chi connectivity index (χ2v) is 5.86. The van der Waals surface area contributed by atoms with Crippen LogP contribution in [0.4, 0.5) is 8.78 Å². The Bertz CT molecular complexity index is 988. The molecule has 0 N–H and O–H groups in total. The van der Waals surface area contributed by atoms with Crippen LogP contribution in [0.1, 0.15) is 22.0 Å². The highest BCUT2D eigenvalue weighted by atomic mass is 19.1. The molecule has 3 aromatic rings. The van der Waals surface area contributed by atoms with Crippen LogP contribution in [0, 0.1) is 30.9 Å². The number of carbonyl (C=O) groups excluding carboxylic acids is 1. The average molecular weight is 366 g/mol. The lowest BCUT2D eigenvalue weighted by molar-refractivity contribution is 0.0753. The van der Waals surface area contributed by atoms with Gasteiger partial charge in [-0.1, -0.05) is 18.1 Å². The highest BCUT2D eigenvalue weighted by molar-refractivity contribution is 5.90. The Hall–Kier alpha value is -3.53. The monoisotopic (exact) mass is 366 g/mol. The Morgan fingerprint density at radius 2 is 1.70 bits per heavy atom. The normalized spacial score (nSPS) is 10.4. The van der Waals surface area contributed by atoms with Crippen molar-refractivity contribution in [1.82, 2.24) is 19.7 Å². The molecule has 0 spiro atoms. The van der Waals surface area contributed by atoms with Crippen molar-refractivity contribution in [2.75, 3.05) is 6.54 Å². The smallest absolute Gasteiger partial charge is 0.294 e. The van der Waals surface area contributed by atoms with E-state index in [0.29, 0.717) is 11.5 Å². The topological polar surface area (TPSA) is 51.0 Å². The van der Waals surface area contributed by atoms with Crippen LogP contribution >= 0.6 is 0 Å². The largest absolute Gasteiger partial charge is 0.320 e. The number of carbonyl (C=O) groups is 1. The van der Waals surface area contributed by atoms with Crippen molar-refractivity contribution in [2.45, 2.75) is 13.5 Å². The standard InChI is InChI=1S/C20H16F2N4O/c1-3-12-25(13-15-4-6-16(21)7-5-15)20(27)19-23-14(2)26(24-19)18-10-8-17(22)9-11-18/h1,4-11H,12-13H2,2H3. The van der Waals surface area contributed by atoms with Gasteiger partial charge in [0.2, 0.25) is 5.82 Å². The van der Waals surface area contributed by atoms with Gasteiger partial charge in [-0.05, 0) is 48.9 Å². The Kier molecular flexibility index (Phi) is 5.27. The molecule has 1 heterocycles. The molecule has 0 aliphatic heterocycles. The second kappa shape index (κ2) is 7.79. The first-order valence-electron chi connectivity index (χ1n) is 8.14. The minimum Gasteiger partial charge on any atom is -0.320 e. The highest BCUT2D eigenvalue weighted by Crippen LogP contribution is 2.13. The van der Waals surface area contributed by atoms with E-state index in [4.69, 9.17) is 6.42 Å². The molecule has 0 aliphatic carbocycles. The maximum Gasteiger partial charge on any atom is 0.294 e. The van der Waals surface area contributed by atoms with E-state index in [1.165, 1.54) is 33.8 Å². The maximum atomic E-state index is 13.1. The summed E-state index contributed by atoms with van der Waals surface area (Å²) in [6.07, 6.45) is 5.38. The van der Waals surface area contributed by atoms with E-state index in [9.17, 15) is 13.6 Å². The summed E-state index contributed by atoms with van der Waals surface area (Å²) < 4.78 is 27.6. The number of rotatable bonds is 5. The van der Waals surface area contributed by atoms with Gasteiger partial charge in [0.1, 0.15) is 17.5 Å². The van der Waals surface area contributed by atoms with E-state index in [0.717, 1.165) is 5.56 Å². The molecule has 0 saturated carbocycles. The number of terminal acetylenes is 1. The zero-order valence-electron chi connectivity index (χ0n) is 14.6. The Labute approximate surface area is 155 Å². The third-order valence-corrected chi connectivity index (χ3v) is 3.89. The molecule has 1 aromatic heterocycles. The molecule has 136 valence electrons. The molecule has 0 aliphatic rings. The van der Waals surface area contributed by atoms with Crippen LogP contribution in [-0.4, -0.2) is 32.1 Å². The minimum absolute atomic E-state index is 0.0193. The number of aryl methyl sites for hydroxylation is 1. The van der Waals surface area contributed by atoms with Crippen LogP contribution in [0.3, 0.4) is 0 Å². The average Bonchev–Trinajstić information content (AvgIpc) is 3.05. The third-order valence-electron chi connectivity index (χ3n) is 3.89. The van der Waals surface area contributed by atoms with Gasteiger partial charge in [0.05, 0.1) is 12.2 Å². The number of hydrogen-bond acceptors (Lipinski definition) is 3. The molecular formula is C20H16F2N4O. The molecule has 0 unspecified atom stereocenters. The molecule has 3 rings (SSSR count). The van der Waals surface area contributed by atoms with Crippen molar-refractivity contribution < 1.29 is 13.6 Å². The zero-order valence-corrected chi connectivity index (χ0v) is 14.6. The summed E-state index contributed by atoms with van der Waals surface area (Å²) in [5.41, 5.74) is 1.32. The fraction of sp³-hybridized carbons (Fsp3) is 0.150. The molecule has 0 saturated heterocycles. The van der Waals surface area contributed by atoms with Gasteiger partial charge >= 0.3 is 0 Å². The van der Waals surface area contributed by atoms with Gasteiger partial charge in [0, 0.05) is 6.54 Å². The van der Waals surface area contributed by atoms with E-state index in [-0.39, 0.29) is 30.5 Å². The molecule has 2 aromatic carbocycles. The van der Waals surface area contributed by atoms with Crippen LogP contribution in [0.5, 0.6) is 0 Å². The van der Waals surface area contributed by atoms with E-state index in [1.807, 2.05) is 0 Å². The van der Waals surface area contributed by atoms with Gasteiger partial charge in [-0.15, -0.1) is 11.5 Å². The number of aromatic nitrogens is 3. The summed E-state index contributed by atoms with van der Waals surface area (Å²) in [7, 11) is 0. The minimum atomic E-state index is -0.443. The maximum absolute atomic E-state index is 13.1. The van der Waals surface area contributed by atoms with Gasteiger partial charge in [-0.25, -0.2) is 18.4 Å². The van der Waals surface area contributed by atoms with Crippen molar-refractivity contribution >= 4 is 5.91 Å². The number of benzene rings is 2. The van der Waals surface area contributed by atoms with Gasteiger partial charge in [-0.3, -0.25) is 4.79 Å². The van der Waals surface area contributed by atoms with Crippen molar-refractivity contribution in [1.29, 1.82) is 0 Å². The predicted molar refractivity (Wildman–Crippen MR) is 96.0 cm³/mol. The Morgan fingerprint density at radius 3 is 2.30 bits per heavy atom. The molecule has 0 atom stereocenters. The fourth-order valence-corrected chi connectivity index (χ4v) is 2.57. The molecule has 0 radical (unpaired) electrons. The van der Waals surface area contributed by atoms with Crippen LogP contribution in [0.2, 0.25) is 0 Å². The van der Waals surface area contributed by atoms with Crippen molar-refractivity contribution in [2.24, 2.45) is 0 Å². The predicted octanol–water partition coefficient (Wildman–Crippen LogP) is 3.13. The molecule has 1 amide bonds. The summed E-state index contributed by atoms with van der Waals surface area (Å²) in [6.45, 7) is 1.95. The first-order valence-corrected chi connectivity index (χ1v) is 8.14. The first kappa shape index (κ1) is 18.3. The summed E-state index contributed by atoms with van der Waals surface area (Å²) in [4.78, 5) is 18.4. The van der Waals surface area contributed by atoms with Crippen LogP contribution in [0.25, 0.3) is 5.69 Å². The molecular weight excluding hydrogens is 350 g/mol. The lowest BCUT2D eigenvalue weighted by atomic mass is 10.2. The molecule has 0 fully saturated rings. The van der Waals surface area contributed by atoms with Crippen LogP contribution < -0.4 is 0 Å². The summed E-state index contributed by atoms with van der Waals surface area (Å²) in [5, 5.41) is 4.23. The summed E-state index contributed by atoms with van der Waals surface area (Å²) in [6, 6.07) is 11.5.